The second kappa shape index (κ2) is 5.87. The van der Waals surface area contributed by atoms with E-state index < -0.39 is 6.04 Å². The Balaban J connectivity index is 1.73. The number of carbonyl (C=O) groups is 1. The van der Waals surface area contributed by atoms with E-state index >= 15 is 0 Å². The molecule has 0 aliphatic heterocycles. The number of hydrogen-bond acceptors (Lipinski definition) is 4. The smallest absolute Gasteiger partial charge is 0.323 e. The summed E-state index contributed by atoms with van der Waals surface area (Å²) >= 11 is 0. The summed E-state index contributed by atoms with van der Waals surface area (Å²) in [6, 6.07) is 6.05. The fourth-order valence-corrected chi connectivity index (χ4v) is 1.81. The minimum atomic E-state index is -0.631. The van der Waals surface area contributed by atoms with Crippen molar-refractivity contribution in [2.24, 2.45) is 11.7 Å². The van der Waals surface area contributed by atoms with Gasteiger partial charge in [0.2, 0.25) is 0 Å². The molecule has 2 rings (SSSR count). The Kier molecular flexibility index (Phi) is 4.20. The van der Waals surface area contributed by atoms with Gasteiger partial charge in [0.05, 0.1) is 6.61 Å². The van der Waals surface area contributed by atoms with E-state index in [4.69, 9.17) is 15.6 Å². The summed E-state index contributed by atoms with van der Waals surface area (Å²) in [7, 11) is 0. The quantitative estimate of drug-likeness (QED) is 0.751. The van der Waals surface area contributed by atoms with Gasteiger partial charge in [0.15, 0.2) is 0 Å². The van der Waals surface area contributed by atoms with Crippen molar-refractivity contribution < 1.29 is 14.6 Å². The van der Waals surface area contributed by atoms with Gasteiger partial charge in [0.1, 0.15) is 11.8 Å². The molecule has 0 heterocycles. The van der Waals surface area contributed by atoms with Gasteiger partial charge in [-0.05, 0) is 36.5 Å². The van der Waals surface area contributed by atoms with Crippen LogP contribution < -0.4 is 5.73 Å². The van der Waals surface area contributed by atoms with Crippen LogP contribution in [0.2, 0.25) is 0 Å². The molecule has 1 aromatic rings. The number of aromatic hydroxyl groups is 1. The van der Waals surface area contributed by atoms with E-state index in [2.05, 4.69) is 0 Å². The molecule has 1 aliphatic carbocycles. The number of rotatable bonds is 6. The van der Waals surface area contributed by atoms with Gasteiger partial charge >= 0.3 is 5.97 Å². The van der Waals surface area contributed by atoms with Crippen LogP contribution in [0, 0.1) is 5.92 Å². The summed E-state index contributed by atoms with van der Waals surface area (Å²) in [6.07, 6.45) is 3.91. The second-order valence-electron chi connectivity index (χ2n) is 4.88. The number of carbonyl (C=O) groups excluding carboxylic acids is 1. The van der Waals surface area contributed by atoms with Crippen molar-refractivity contribution in [1.82, 2.24) is 0 Å². The number of benzene rings is 1. The molecule has 0 amide bonds. The third kappa shape index (κ3) is 4.04. The van der Waals surface area contributed by atoms with Crippen LogP contribution in [0.3, 0.4) is 0 Å². The van der Waals surface area contributed by atoms with E-state index in [1.165, 1.54) is 12.8 Å². The Hall–Kier alpha value is -1.55. The van der Waals surface area contributed by atoms with Crippen LogP contribution in [0.15, 0.2) is 24.3 Å². The minimum Gasteiger partial charge on any atom is -0.508 e. The molecule has 3 N–H and O–H groups in total. The lowest BCUT2D eigenvalue weighted by Gasteiger charge is -2.11. The Morgan fingerprint density at radius 2 is 2.06 bits per heavy atom. The number of ether oxygens (including phenoxy) is 1. The van der Waals surface area contributed by atoms with Gasteiger partial charge < -0.3 is 15.6 Å². The molecule has 1 fully saturated rings. The molecule has 0 radical (unpaired) electrons. The van der Waals surface area contributed by atoms with Crippen molar-refractivity contribution in [3.63, 3.8) is 0 Å². The van der Waals surface area contributed by atoms with Gasteiger partial charge in [-0.2, -0.15) is 0 Å². The first kappa shape index (κ1) is 12.9. The highest BCUT2D eigenvalue weighted by atomic mass is 16.5. The lowest BCUT2D eigenvalue weighted by atomic mass is 10.1. The van der Waals surface area contributed by atoms with Crippen LogP contribution in [0.4, 0.5) is 0 Å². The molecule has 1 aromatic carbocycles. The molecular weight excluding hydrogens is 230 g/mol. The molecule has 1 atom stereocenters. The van der Waals surface area contributed by atoms with Crippen LogP contribution in [0.25, 0.3) is 0 Å². The van der Waals surface area contributed by atoms with Gasteiger partial charge in [0.25, 0.3) is 0 Å². The first-order valence-electron chi connectivity index (χ1n) is 6.35. The fraction of sp³-hybridized carbons (Fsp3) is 0.500. The van der Waals surface area contributed by atoms with E-state index in [1.54, 1.807) is 24.3 Å². The van der Waals surface area contributed by atoms with Crippen LogP contribution in [-0.2, 0) is 16.0 Å². The third-order valence-electron chi connectivity index (χ3n) is 3.16. The van der Waals surface area contributed by atoms with Crippen LogP contribution in [0.5, 0.6) is 5.75 Å². The monoisotopic (exact) mass is 249 g/mol. The van der Waals surface area contributed by atoms with Crippen LogP contribution >= 0.6 is 0 Å². The molecule has 0 saturated heterocycles. The zero-order valence-corrected chi connectivity index (χ0v) is 10.3. The molecule has 0 aromatic heterocycles. The number of esters is 1. The fourth-order valence-electron chi connectivity index (χ4n) is 1.81. The lowest BCUT2D eigenvalue weighted by Crippen LogP contribution is -2.34. The largest absolute Gasteiger partial charge is 0.508 e. The molecule has 98 valence electrons. The van der Waals surface area contributed by atoms with Crippen molar-refractivity contribution in [2.45, 2.75) is 31.7 Å². The van der Waals surface area contributed by atoms with Crippen molar-refractivity contribution in [3.8, 4) is 5.75 Å². The minimum absolute atomic E-state index is 0.208. The first-order valence-corrected chi connectivity index (χ1v) is 6.35. The number of phenols is 1. The average Bonchev–Trinajstić information content (AvgIpc) is 3.16. The van der Waals surface area contributed by atoms with E-state index in [1.807, 2.05) is 0 Å². The Morgan fingerprint density at radius 3 is 2.67 bits per heavy atom. The number of phenolic OH excluding ortho intramolecular Hbond substituents is 1. The van der Waals surface area contributed by atoms with E-state index in [0.717, 1.165) is 17.9 Å². The standard InChI is InChI=1S/C14H19NO3/c15-13(9-11-3-5-12(16)6-4-11)14(17)18-8-7-10-1-2-10/h3-6,10,13,16H,1-2,7-9,15H2/t13-/m1/s1. The summed E-state index contributed by atoms with van der Waals surface area (Å²) in [6.45, 7) is 0.479. The van der Waals surface area contributed by atoms with Gasteiger partial charge in [-0.3, -0.25) is 4.79 Å². The third-order valence-corrected chi connectivity index (χ3v) is 3.16. The number of hydrogen-bond donors (Lipinski definition) is 2. The van der Waals surface area contributed by atoms with E-state index in [9.17, 15) is 4.79 Å². The van der Waals surface area contributed by atoms with Crippen molar-refractivity contribution >= 4 is 5.97 Å². The SMILES string of the molecule is N[C@H](Cc1ccc(O)cc1)C(=O)OCCC1CC1. The van der Waals surface area contributed by atoms with Crippen molar-refractivity contribution in [3.05, 3.63) is 29.8 Å². The summed E-state index contributed by atoms with van der Waals surface area (Å²) < 4.78 is 5.14. The van der Waals surface area contributed by atoms with Crippen LogP contribution in [0.1, 0.15) is 24.8 Å². The normalized spacial score (nSPS) is 16.3. The van der Waals surface area contributed by atoms with Gasteiger partial charge in [-0.15, -0.1) is 0 Å². The Bertz CT molecular complexity index is 398. The average molecular weight is 249 g/mol. The van der Waals surface area contributed by atoms with E-state index in [0.29, 0.717) is 13.0 Å². The molecule has 0 spiro atoms. The second-order valence-corrected chi connectivity index (χ2v) is 4.88. The topological polar surface area (TPSA) is 72.5 Å². The maximum Gasteiger partial charge on any atom is 0.323 e. The zero-order valence-electron chi connectivity index (χ0n) is 10.3. The lowest BCUT2D eigenvalue weighted by molar-refractivity contribution is -0.145. The van der Waals surface area contributed by atoms with E-state index in [-0.39, 0.29) is 11.7 Å². The van der Waals surface area contributed by atoms with Crippen molar-refractivity contribution in [2.75, 3.05) is 6.61 Å². The predicted octanol–water partition coefficient (Wildman–Crippen LogP) is 1.61. The highest BCUT2D eigenvalue weighted by Gasteiger charge is 2.22. The Labute approximate surface area is 107 Å². The number of nitrogens with two attached hydrogens (primary N) is 1. The molecule has 18 heavy (non-hydrogen) atoms. The molecule has 1 aliphatic rings. The maximum atomic E-state index is 11.6. The van der Waals surface area contributed by atoms with Crippen LogP contribution in [-0.4, -0.2) is 23.7 Å². The van der Waals surface area contributed by atoms with Crippen molar-refractivity contribution in [1.29, 1.82) is 0 Å². The molecule has 0 unspecified atom stereocenters. The first-order chi connectivity index (χ1) is 8.65. The summed E-state index contributed by atoms with van der Waals surface area (Å²) in [5, 5.41) is 9.15. The van der Waals surface area contributed by atoms with Gasteiger partial charge in [0, 0.05) is 0 Å². The highest BCUT2D eigenvalue weighted by Crippen LogP contribution is 2.32. The zero-order chi connectivity index (χ0) is 13.0. The summed E-state index contributed by atoms with van der Waals surface area (Å²) in [5.41, 5.74) is 6.70. The van der Waals surface area contributed by atoms with Gasteiger partial charge in [-0.1, -0.05) is 25.0 Å². The maximum absolute atomic E-state index is 11.6. The molecule has 4 nitrogen and oxygen atoms in total. The van der Waals surface area contributed by atoms with Gasteiger partial charge in [-0.25, -0.2) is 0 Å². The highest BCUT2D eigenvalue weighted by molar-refractivity contribution is 5.75. The molecule has 0 bridgehead atoms. The summed E-state index contributed by atoms with van der Waals surface area (Å²) in [5.74, 6) is 0.620. The molecular formula is C14H19NO3. The molecule has 4 heteroatoms. The predicted molar refractivity (Wildman–Crippen MR) is 68.1 cm³/mol. The molecule has 1 saturated carbocycles. The summed E-state index contributed by atoms with van der Waals surface area (Å²) in [4.78, 5) is 11.6. The Morgan fingerprint density at radius 1 is 1.39 bits per heavy atom.